The standard InChI is InChI=1S/C11H14O3/c1-8-4-5-10-11(14-7-13-10)9(8)3-2-6-12/h4-5,12H,2-3,6-7H2,1H3. The van der Waals surface area contributed by atoms with Crippen LogP contribution in [0.4, 0.5) is 0 Å². The molecule has 0 aromatic heterocycles. The lowest BCUT2D eigenvalue weighted by atomic mass is 10.0. The lowest BCUT2D eigenvalue weighted by Gasteiger charge is -2.08. The van der Waals surface area contributed by atoms with Crippen LogP contribution in [0, 0.1) is 6.92 Å². The maximum Gasteiger partial charge on any atom is 0.231 e. The Bertz CT molecular complexity index is 334. The van der Waals surface area contributed by atoms with Crippen molar-refractivity contribution in [3.05, 3.63) is 23.3 Å². The molecule has 3 heteroatoms. The van der Waals surface area contributed by atoms with E-state index >= 15 is 0 Å². The molecule has 0 unspecified atom stereocenters. The van der Waals surface area contributed by atoms with E-state index in [1.165, 1.54) is 5.56 Å². The quantitative estimate of drug-likeness (QED) is 0.795. The second-order valence-electron chi connectivity index (χ2n) is 3.42. The Hall–Kier alpha value is -1.22. The number of aryl methyl sites for hydroxylation is 1. The number of aliphatic hydroxyl groups is 1. The fraction of sp³-hybridized carbons (Fsp3) is 0.455. The molecule has 14 heavy (non-hydrogen) atoms. The van der Waals surface area contributed by atoms with Crippen molar-refractivity contribution in [2.45, 2.75) is 19.8 Å². The van der Waals surface area contributed by atoms with Crippen LogP contribution in [0.1, 0.15) is 17.5 Å². The van der Waals surface area contributed by atoms with Gasteiger partial charge >= 0.3 is 0 Å². The normalized spacial score (nSPS) is 13.3. The predicted molar refractivity (Wildman–Crippen MR) is 52.7 cm³/mol. The summed E-state index contributed by atoms with van der Waals surface area (Å²) in [5.74, 6) is 1.68. The molecule has 0 radical (unpaired) electrons. The molecule has 0 saturated carbocycles. The molecular weight excluding hydrogens is 180 g/mol. The van der Waals surface area contributed by atoms with E-state index in [4.69, 9.17) is 14.6 Å². The summed E-state index contributed by atoms with van der Waals surface area (Å²) >= 11 is 0. The van der Waals surface area contributed by atoms with Crippen molar-refractivity contribution in [2.24, 2.45) is 0 Å². The fourth-order valence-electron chi connectivity index (χ4n) is 1.70. The maximum atomic E-state index is 8.79. The average Bonchev–Trinajstić information content (AvgIpc) is 2.64. The van der Waals surface area contributed by atoms with Crippen LogP contribution in [0.3, 0.4) is 0 Å². The monoisotopic (exact) mass is 194 g/mol. The molecule has 0 saturated heterocycles. The van der Waals surface area contributed by atoms with Gasteiger partial charge in [0, 0.05) is 12.2 Å². The molecule has 1 N–H and O–H groups in total. The largest absolute Gasteiger partial charge is 0.454 e. The number of ether oxygens (including phenoxy) is 2. The first-order valence-electron chi connectivity index (χ1n) is 4.82. The minimum Gasteiger partial charge on any atom is -0.454 e. The van der Waals surface area contributed by atoms with Gasteiger partial charge in [-0.15, -0.1) is 0 Å². The van der Waals surface area contributed by atoms with Gasteiger partial charge in [0.25, 0.3) is 0 Å². The summed E-state index contributed by atoms with van der Waals surface area (Å²) in [5, 5.41) is 8.79. The third kappa shape index (κ3) is 1.55. The average molecular weight is 194 g/mol. The van der Waals surface area contributed by atoms with Gasteiger partial charge in [-0.3, -0.25) is 0 Å². The highest BCUT2D eigenvalue weighted by molar-refractivity contribution is 5.51. The van der Waals surface area contributed by atoms with Crippen molar-refractivity contribution < 1.29 is 14.6 Å². The smallest absolute Gasteiger partial charge is 0.231 e. The molecule has 2 rings (SSSR count). The van der Waals surface area contributed by atoms with Crippen LogP contribution in [0.15, 0.2) is 12.1 Å². The zero-order valence-electron chi connectivity index (χ0n) is 8.25. The van der Waals surface area contributed by atoms with Crippen LogP contribution in [0.5, 0.6) is 11.5 Å². The molecular formula is C11H14O3. The minimum absolute atomic E-state index is 0.212. The molecule has 1 aromatic rings. The first kappa shape index (κ1) is 9.34. The SMILES string of the molecule is Cc1ccc2c(c1CCCO)OCO2. The van der Waals surface area contributed by atoms with Crippen LogP contribution >= 0.6 is 0 Å². The summed E-state index contributed by atoms with van der Waals surface area (Å²) in [6.07, 6.45) is 1.61. The summed E-state index contributed by atoms with van der Waals surface area (Å²) < 4.78 is 10.7. The van der Waals surface area contributed by atoms with E-state index in [9.17, 15) is 0 Å². The van der Waals surface area contributed by atoms with Gasteiger partial charge in [0.05, 0.1) is 0 Å². The second-order valence-corrected chi connectivity index (χ2v) is 3.42. The van der Waals surface area contributed by atoms with Crippen molar-refractivity contribution in [3.63, 3.8) is 0 Å². The topological polar surface area (TPSA) is 38.7 Å². The maximum absolute atomic E-state index is 8.79. The van der Waals surface area contributed by atoms with Crippen LogP contribution in [-0.4, -0.2) is 18.5 Å². The highest BCUT2D eigenvalue weighted by Crippen LogP contribution is 2.37. The second kappa shape index (κ2) is 3.88. The van der Waals surface area contributed by atoms with Crippen molar-refractivity contribution in [1.82, 2.24) is 0 Å². The Morgan fingerprint density at radius 3 is 3.00 bits per heavy atom. The van der Waals surface area contributed by atoms with Crippen LogP contribution < -0.4 is 9.47 Å². The van der Waals surface area contributed by atoms with Crippen LogP contribution in [-0.2, 0) is 6.42 Å². The van der Waals surface area contributed by atoms with E-state index in [1.807, 2.05) is 12.1 Å². The fourth-order valence-corrected chi connectivity index (χ4v) is 1.70. The summed E-state index contributed by atoms with van der Waals surface area (Å²) in [6, 6.07) is 3.96. The van der Waals surface area contributed by atoms with Crippen LogP contribution in [0.2, 0.25) is 0 Å². The van der Waals surface area contributed by atoms with E-state index in [2.05, 4.69) is 6.92 Å². The molecule has 0 aliphatic carbocycles. The number of aliphatic hydroxyl groups excluding tert-OH is 1. The van der Waals surface area contributed by atoms with E-state index in [1.54, 1.807) is 0 Å². The Balaban J connectivity index is 2.31. The van der Waals surface area contributed by atoms with E-state index in [0.717, 1.165) is 29.9 Å². The Labute approximate surface area is 83.3 Å². The molecule has 0 spiro atoms. The summed E-state index contributed by atoms with van der Waals surface area (Å²) in [6.45, 7) is 2.57. The van der Waals surface area contributed by atoms with Crippen molar-refractivity contribution in [3.8, 4) is 11.5 Å². The Morgan fingerprint density at radius 1 is 1.36 bits per heavy atom. The minimum atomic E-state index is 0.212. The number of benzene rings is 1. The zero-order chi connectivity index (χ0) is 9.97. The first-order valence-corrected chi connectivity index (χ1v) is 4.82. The van der Waals surface area contributed by atoms with Gasteiger partial charge < -0.3 is 14.6 Å². The molecule has 0 amide bonds. The van der Waals surface area contributed by atoms with E-state index < -0.39 is 0 Å². The Kier molecular flexibility index (Phi) is 2.59. The lowest BCUT2D eigenvalue weighted by Crippen LogP contribution is -1.97. The third-order valence-corrected chi connectivity index (χ3v) is 2.46. The van der Waals surface area contributed by atoms with Gasteiger partial charge in [-0.2, -0.15) is 0 Å². The number of rotatable bonds is 3. The molecule has 1 aliphatic rings. The van der Waals surface area contributed by atoms with Gasteiger partial charge in [0.2, 0.25) is 6.79 Å². The molecule has 1 aliphatic heterocycles. The Morgan fingerprint density at radius 2 is 2.21 bits per heavy atom. The van der Waals surface area contributed by atoms with E-state index in [-0.39, 0.29) is 6.61 Å². The number of fused-ring (bicyclic) bond motifs is 1. The first-order chi connectivity index (χ1) is 6.83. The summed E-state index contributed by atoms with van der Waals surface area (Å²) in [4.78, 5) is 0. The summed E-state index contributed by atoms with van der Waals surface area (Å²) in [7, 11) is 0. The van der Waals surface area contributed by atoms with Gasteiger partial charge in [-0.25, -0.2) is 0 Å². The molecule has 3 nitrogen and oxygen atoms in total. The third-order valence-electron chi connectivity index (χ3n) is 2.46. The highest BCUT2D eigenvalue weighted by Gasteiger charge is 2.18. The van der Waals surface area contributed by atoms with Crippen LogP contribution in [0.25, 0.3) is 0 Å². The van der Waals surface area contributed by atoms with E-state index in [0.29, 0.717) is 6.79 Å². The zero-order valence-corrected chi connectivity index (χ0v) is 8.25. The van der Waals surface area contributed by atoms with Gasteiger partial charge in [-0.1, -0.05) is 6.07 Å². The van der Waals surface area contributed by atoms with Crippen molar-refractivity contribution in [1.29, 1.82) is 0 Å². The molecule has 0 bridgehead atoms. The van der Waals surface area contributed by atoms with Gasteiger partial charge in [0.15, 0.2) is 11.5 Å². The van der Waals surface area contributed by atoms with Gasteiger partial charge in [0.1, 0.15) is 0 Å². The lowest BCUT2D eigenvalue weighted by molar-refractivity contribution is 0.173. The van der Waals surface area contributed by atoms with Gasteiger partial charge in [-0.05, 0) is 31.4 Å². The molecule has 1 aromatic carbocycles. The van der Waals surface area contributed by atoms with Crippen molar-refractivity contribution >= 4 is 0 Å². The molecule has 1 heterocycles. The highest BCUT2D eigenvalue weighted by atomic mass is 16.7. The number of hydrogen-bond acceptors (Lipinski definition) is 3. The predicted octanol–water partition coefficient (Wildman–Crippen LogP) is 1.65. The molecule has 76 valence electrons. The molecule has 0 atom stereocenters. The summed E-state index contributed by atoms with van der Waals surface area (Å²) in [5.41, 5.74) is 2.36. The molecule has 0 fully saturated rings. The number of hydrogen-bond donors (Lipinski definition) is 1. The van der Waals surface area contributed by atoms with Crippen molar-refractivity contribution in [2.75, 3.05) is 13.4 Å².